The average Bonchev–Trinajstić information content (AvgIpc) is 2.74. The summed E-state index contributed by atoms with van der Waals surface area (Å²) >= 11 is 0. The molecule has 2 saturated heterocycles. The second-order valence-corrected chi connectivity index (χ2v) is 6.66. The SMILES string of the molecule is O=C(O)[C@H]1C[C@@H](O)CN1C(=O)NC1CCS(=O)CC1. The normalized spacial score (nSPS) is 35.1. The fraction of sp³-hybridized carbons (Fsp3) is 0.818. The molecular formula is C11H18N2O5S. The minimum absolute atomic E-state index is 0.0431. The van der Waals surface area contributed by atoms with Gasteiger partial charge < -0.3 is 20.4 Å². The molecule has 0 radical (unpaired) electrons. The summed E-state index contributed by atoms with van der Waals surface area (Å²) in [4.78, 5) is 24.2. The Hall–Kier alpha value is -1.15. The Balaban J connectivity index is 1.91. The Kier molecular flexibility index (Phi) is 4.41. The highest BCUT2D eigenvalue weighted by atomic mass is 32.2. The smallest absolute Gasteiger partial charge is 0.326 e. The molecule has 0 aromatic carbocycles. The van der Waals surface area contributed by atoms with Crippen molar-refractivity contribution in [2.24, 2.45) is 0 Å². The number of carboxylic acid groups (broad SMARTS) is 1. The molecule has 2 aliphatic rings. The van der Waals surface area contributed by atoms with E-state index in [-0.39, 0.29) is 19.0 Å². The van der Waals surface area contributed by atoms with Crippen LogP contribution in [0.4, 0.5) is 4.79 Å². The molecule has 0 saturated carbocycles. The van der Waals surface area contributed by atoms with E-state index in [0.29, 0.717) is 24.3 Å². The van der Waals surface area contributed by atoms with E-state index in [0.717, 1.165) is 0 Å². The number of hydrogen-bond donors (Lipinski definition) is 3. The van der Waals surface area contributed by atoms with Crippen LogP contribution in [0.5, 0.6) is 0 Å². The first-order valence-electron chi connectivity index (χ1n) is 6.30. The number of amides is 2. The van der Waals surface area contributed by atoms with Crippen molar-refractivity contribution in [2.75, 3.05) is 18.1 Å². The largest absolute Gasteiger partial charge is 0.480 e. The van der Waals surface area contributed by atoms with Crippen LogP contribution in [0.3, 0.4) is 0 Å². The van der Waals surface area contributed by atoms with Crippen molar-refractivity contribution in [1.82, 2.24) is 10.2 Å². The second-order valence-electron chi connectivity index (χ2n) is 4.97. The molecule has 0 spiro atoms. The quantitative estimate of drug-likeness (QED) is 0.612. The van der Waals surface area contributed by atoms with E-state index in [9.17, 15) is 18.9 Å². The van der Waals surface area contributed by atoms with Gasteiger partial charge in [0.05, 0.1) is 6.10 Å². The van der Waals surface area contributed by atoms with Crippen LogP contribution >= 0.6 is 0 Å². The van der Waals surface area contributed by atoms with Crippen LogP contribution < -0.4 is 5.32 Å². The number of nitrogens with zero attached hydrogens (tertiary/aromatic N) is 1. The number of nitrogens with one attached hydrogen (secondary N) is 1. The number of aliphatic hydroxyl groups excluding tert-OH is 1. The molecule has 2 amide bonds. The topological polar surface area (TPSA) is 107 Å². The lowest BCUT2D eigenvalue weighted by molar-refractivity contribution is -0.141. The van der Waals surface area contributed by atoms with Gasteiger partial charge in [0.1, 0.15) is 6.04 Å². The maximum Gasteiger partial charge on any atom is 0.326 e. The monoisotopic (exact) mass is 290 g/mol. The lowest BCUT2D eigenvalue weighted by Crippen LogP contribution is -2.50. The van der Waals surface area contributed by atoms with Crippen LogP contribution in [0, 0.1) is 0 Å². The van der Waals surface area contributed by atoms with Gasteiger partial charge in [-0.15, -0.1) is 0 Å². The van der Waals surface area contributed by atoms with Crippen LogP contribution in [0.25, 0.3) is 0 Å². The standard InChI is InChI=1S/C11H18N2O5S/c14-8-5-9(10(15)16)13(6-8)11(17)12-7-1-3-19(18)4-2-7/h7-9,14H,1-6H2,(H,12,17)(H,15,16)/t7?,8-,9-,19?/m1/s1. The maximum atomic E-state index is 12.0. The van der Waals surface area contributed by atoms with E-state index in [4.69, 9.17) is 5.11 Å². The van der Waals surface area contributed by atoms with E-state index >= 15 is 0 Å². The van der Waals surface area contributed by atoms with Gasteiger partial charge in [-0.05, 0) is 12.8 Å². The zero-order valence-corrected chi connectivity index (χ0v) is 11.3. The van der Waals surface area contributed by atoms with Gasteiger partial charge in [-0.2, -0.15) is 0 Å². The highest BCUT2D eigenvalue weighted by Crippen LogP contribution is 2.19. The van der Waals surface area contributed by atoms with Crippen molar-refractivity contribution in [2.45, 2.75) is 37.5 Å². The van der Waals surface area contributed by atoms with Crippen molar-refractivity contribution in [3.05, 3.63) is 0 Å². The van der Waals surface area contributed by atoms with Crippen molar-refractivity contribution in [3.8, 4) is 0 Å². The predicted octanol–water partition coefficient (Wildman–Crippen LogP) is -0.873. The highest BCUT2D eigenvalue weighted by molar-refractivity contribution is 7.85. The van der Waals surface area contributed by atoms with Crippen molar-refractivity contribution < 1.29 is 24.0 Å². The number of hydrogen-bond acceptors (Lipinski definition) is 4. The summed E-state index contributed by atoms with van der Waals surface area (Å²) in [7, 11) is -0.797. The van der Waals surface area contributed by atoms with Crippen molar-refractivity contribution in [3.63, 3.8) is 0 Å². The van der Waals surface area contributed by atoms with E-state index in [1.807, 2.05) is 0 Å². The number of rotatable bonds is 2. The Bertz CT molecular complexity index is 393. The summed E-state index contributed by atoms with van der Waals surface area (Å²) in [5.74, 6) is 0.0303. The summed E-state index contributed by atoms with van der Waals surface area (Å²) < 4.78 is 11.2. The molecule has 2 aliphatic heterocycles. The molecular weight excluding hydrogens is 272 g/mol. The molecule has 3 N–H and O–H groups in total. The van der Waals surface area contributed by atoms with Gasteiger partial charge in [-0.25, -0.2) is 9.59 Å². The third kappa shape index (κ3) is 3.44. The molecule has 0 aromatic rings. The molecule has 2 atom stereocenters. The zero-order valence-electron chi connectivity index (χ0n) is 10.4. The number of aliphatic hydroxyl groups is 1. The lowest BCUT2D eigenvalue weighted by Gasteiger charge is -2.27. The first kappa shape index (κ1) is 14.3. The summed E-state index contributed by atoms with van der Waals surface area (Å²) in [6.07, 6.45) is 0.571. The minimum atomic E-state index is -1.10. The van der Waals surface area contributed by atoms with Gasteiger partial charge in [0.2, 0.25) is 0 Å². The lowest BCUT2D eigenvalue weighted by atomic mass is 10.1. The highest BCUT2D eigenvalue weighted by Gasteiger charge is 2.39. The summed E-state index contributed by atoms with van der Waals surface area (Å²) in [6.45, 7) is 0.0431. The molecule has 7 nitrogen and oxygen atoms in total. The number of carboxylic acids is 1. The van der Waals surface area contributed by atoms with Crippen LogP contribution in [-0.4, -0.2) is 67.6 Å². The fourth-order valence-corrected chi connectivity index (χ4v) is 3.77. The maximum absolute atomic E-state index is 12.0. The van der Waals surface area contributed by atoms with Gasteiger partial charge >= 0.3 is 12.0 Å². The Morgan fingerprint density at radius 2 is 1.89 bits per heavy atom. The van der Waals surface area contributed by atoms with Gasteiger partial charge in [0.25, 0.3) is 0 Å². The summed E-state index contributed by atoms with van der Waals surface area (Å²) in [5.41, 5.74) is 0. The molecule has 2 rings (SSSR count). The molecule has 108 valence electrons. The van der Waals surface area contributed by atoms with Gasteiger partial charge in [0, 0.05) is 41.3 Å². The molecule has 8 heteroatoms. The van der Waals surface area contributed by atoms with E-state index in [1.54, 1.807) is 0 Å². The van der Waals surface area contributed by atoms with Crippen molar-refractivity contribution in [1.29, 1.82) is 0 Å². The molecule has 2 fully saturated rings. The van der Waals surface area contributed by atoms with Gasteiger partial charge in [-0.1, -0.05) is 0 Å². The third-order valence-corrected chi connectivity index (χ3v) is 4.92. The predicted molar refractivity (Wildman–Crippen MR) is 68.2 cm³/mol. The Morgan fingerprint density at radius 1 is 1.26 bits per heavy atom. The average molecular weight is 290 g/mol. The molecule has 0 unspecified atom stereocenters. The van der Waals surface area contributed by atoms with E-state index in [1.165, 1.54) is 4.90 Å². The molecule has 2 heterocycles. The first-order valence-corrected chi connectivity index (χ1v) is 7.79. The van der Waals surface area contributed by atoms with Gasteiger partial charge in [-0.3, -0.25) is 4.21 Å². The minimum Gasteiger partial charge on any atom is -0.480 e. The number of carbonyl (C=O) groups excluding carboxylic acids is 1. The van der Waals surface area contributed by atoms with Crippen molar-refractivity contribution >= 4 is 22.8 Å². The van der Waals surface area contributed by atoms with Crippen LogP contribution in [0.1, 0.15) is 19.3 Å². The van der Waals surface area contributed by atoms with E-state index in [2.05, 4.69) is 5.32 Å². The van der Waals surface area contributed by atoms with E-state index < -0.39 is 34.9 Å². The molecule has 0 aromatic heterocycles. The number of β-amino-alcohol motifs (C(OH)–C–C–N with tert-alkyl or cyclic N) is 1. The summed E-state index contributed by atoms with van der Waals surface area (Å²) in [6, 6.07) is -1.48. The number of likely N-dealkylation sites (tertiary alicyclic amines) is 1. The molecule has 0 bridgehead atoms. The van der Waals surface area contributed by atoms with Crippen LogP contribution in [0.15, 0.2) is 0 Å². The second kappa shape index (κ2) is 5.87. The van der Waals surface area contributed by atoms with Crippen LogP contribution in [-0.2, 0) is 15.6 Å². The first-order chi connectivity index (χ1) is 8.97. The van der Waals surface area contributed by atoms with Gasteiger partial charge in [0.15, 0.2) is 0 Å². The Labute approximate surface area is 113 Å². The number of carbonyl (C=O) groups is 2. The van der Waals surface area contributed by atoms with Crippen LogP contribution in [0.2, 0.25) is 0 Å². The fourth-order valence-electron chi connectivity index (χ4n) is 2.47. The molecule has 19 heavy (non-hydrogen) atoms. The molecule has 0 aliphatic carbocycles. The number of aliphatic carboxylic acids is 1. The Morgan fingerprint density at radius 3 is 2.47 bits per heavy atom. The third-order valence-electron chi connectivity index (χ3n) is 3.54. The number of urea groups is 1. The summed E-state index contributed by atoms with van der Waals surface area (Å²) in [5, 5.41) is 21.3. The zero-order chi connectivity index (χ0) is 14.0.